The summed E-state index contributed by atoms with van der Waals surface area (Å²) in [6, 6.07) is 3.65. The fraction of sp³-hybridized carbons (Fsp3) is 0.538. The third-order valence-corrected chi connectivity index (χ3v) is 1.85. The average Bonchev–Trinajstić information content (AvgIpc) is 2.14. The first-order valence-electron chi connectivity index (χ1n) is 5.74. The largest absolute Gasteiger partial charge is 0.456 e. The molecule has 0 radical (unpaired) electrons. The van der Waals surface area contributed by atoms with Gasteiger partial charge in [-0.25, -0.2) is 9.78 Å². The first kappa shape index (κ1) is 13.5. The van der Waals surface area contributed by atoms with Crippen LogP contribution < -0.4 is 5.32 Å². The minimum absolute atomic E-state index is 0.214. The minimum Gasteiger partial charge on any atom is -0.456 e. The summed E-state index contributed by atoms with van der Waals surface area (Å²) in [4.78, 5) is 16.1. The van der Waals surface area contributed by atoms with Gasteiger partial charge in [-0.2, -0.15) is 0 Å². The zero-order chi connectivity index (χ0) is 13.1. The Balaban J connectivity index is 2.93. The van der Waals surface area contributed by atoms with Gasteiger partial charge in [0.1, 0.15) is 17.0 Å². The lowest BCUT2D eigenvalue weighted by Crippen LogP contribution is -2.25. The first-order chi connectivity index (χ1) is 7.79. The molecule has 4 heteroatoms. The van der Waals surface area contributed by atoms with E-state index in [1.165, 1.54) is 0 Å². The number of rotatable bonds is 3. The molecule has 1 rings (SSSR count). The lowest BCUT2D eigenvalue weighted by molar-refractivity contribution is 0.00703. The van der Waals surface area contributed by atoms with Crippen molar-refractivity contribution in [3.8, 4) is 0 Å². The van der Waals surface area contributed by atoms with Gasteiger partial charge < -0.3 is 10.1 Å². The van der Waals surface area contributed by atoms with Crippen LogP contribution in [0, 0.1) is 0 Å². The molecular weight excluding hydrogens is 216 g/mol. The molecule has 94 valence electrons. The predicted octanol–water partition coefficient (Wildman–Crippen LogP) is 2.86. The van der Waals surface area contributed by atoms with E-state index in [-0.39, 0.29) is 12.0 Å². The molecule has 17 heavy (non-hydrogen) atoms. The van der Waals surface area contributed by atoms with Crippen molar-refractivity contribution in [2.75, 3.05) is 5.32 Å². The summed E-state index contributed by atoms with van der Waals surface area (Å²) >= 11 is 0. The Kier molecular flexibility index (Phi) is 4.10. The monoisotopic (exact) mass is 236 g/mol. The SMILES string of the molecule is CC(C)Nc1ncccc1C(=O)OC(C)(C)C. The van der Waals surface area contributed by atoms with Gasteiger partial charge in [-0.3, -0.25) is 0 Å². The van der Waals surface area contributed by atoms with Crippen LogP contribution in [0.2, 0.25) is 0 Å². The van der Waals surface area contributed by atoms with Gasteiger partial charge in [-0.15, -0.1) is 0 Å². The van der Waals surface area contributed by atoms with Crippen molar-refractivity contribution >= 4 is 11.8 Å². The fourth-order valence-corrected chi connectivity index (χ4v) is 1.29. The predicted molar refractivity (Wildman–Crippen MR) is 68.2 cm³/mol. The number of anilines is 1. The van der Waals surface area contributed by atoms with Gasteiger partial charge in [-0.1, -0.05) is 0 Å². The molecule has 0 bridgehead atoms. The molecule has 0 aliphatic carbocycles. The van der Waals surface area contributed by atoms with E-state index in [0.717, 1.165) is 0 Å². The number of hydrogen-bond acceptors (Lipinski definition) is 4. The second-order valence-corrected chi connectivity index (χ2v) is 5.20. The van der Waals surface area contributed by atoms with Crippen LogP contribution in [0.5, 0.6) is 0 Å². The highest BCUT2D eigenvalue weighted by Crippen LogP contribution is 2.17. The molecule has 4 nitrogen and oxygen atoms in total. The van der Waals surface area contributed by atoms with Crippen molar-refractivity contribution in [1.82, 2.24) is 4.98 Å². The second kappa shape index (κ2) is 5.17. The summed E-state index contributed by atoms with van der Waals surface area (Å²) < 4.78 is 5.33. The van der Waals surface area contributed by atoms with E-state index in [1.807, 2.05) is 34.6 Å². The standard InChI is InChI=1S/C13H20N2O2/c1-9(2)15-11-10(7-6-8-14-11)12(16)17-13(3,4)5/h6-9H,1-5H3,(H,14,15). The summed E-state index contributed by atoms with van der Waals surface area (Å²) in [7, 11) is 0. The maximum absolute atomic E-state index is 12.0. The van der Waals surface area contributed by atoms with Crippen LogP contribution in [0.1, 0.15) is 45.0 Å². The van der Waals surface area contributed by atoms with E-state index in [4.69, 9.17) is 4.74 Å². The van der Waals surface area contributed by atoms with Crippen molar-refractivity contribution in [3.63, 3.8) is 0 Å². The molecule has 0 atom stereocenters. The van der Waals surface area contributed by atoms with E-state index in [9.17, 15) is 4.79 Å². The van der Waals surface area contributed by atoms with Crippen LogP contribution in [0.4, 0.5) is 5.82 Å². The number of carbonyl (C=O) groups is 1. The number of carbonyl (C=O) groups excluding carboxylic acids is 1. The maximum atomic E-state index is 12.0. The lowest BCUT2D eigenvalue weighted by Gasteiger charge is -2.20. The smallest absolute Gasteiger partial charge is 0.342 e. The minimum atomic E-state index is -0.498. The topological polar surface area (TPSA) is 51.2 Å². The van der Waals surface area contributed by atoms with Crippen LogP contribution in [-0.4, -0.2) is 22.6 Å². The molecule has 0 aromatic carbocycles. The summed E-state index contributed by atoms with van der Waals surface area (Å²) in [6.45, 7) is 9.52. The summed E-state index contributed by atoms with van der Waals surface area (Å²) in [5, 5.41) is 3.13. The second-order valence-electron chi connectivity index (χ2n) is 5.20. The van der Waals surface area contributed by atoms with Gasteiger partial charge >= 0.3 is 5.97 Å². The zero-order valence-electron chi connectivity index (χ0n) is 11.1. The number of nitrogens with one attached hydrogen (secondary N) is 1. The fourth-order valence-electron chi connectivity index (χ4n) is 1.29. The quantitative estimate of drug-likeness (QED) is 0.820. The van der Waals surface area contributed by atoms with E-state index in [0.29, 0.717) is 11.4 Å². The highest BCUT2D eigenvalue weighted by Gasteiger charge is 2.20. The third-order valence-electron chi connectivity index (χ3n) is 1.85. The summed E-state index contributed by atoms with van der Waals surface area (Å²) in [5.41, 5.74) is -0.0294. The Hall–Kier alpha value is -1.58. The number of aromatic nitrogens is 1. The van der Waals surface area contributed by atoms with Crippen LogP contribution in [0.25, 0.3) is 0 Å². The molecule has 0 saturated heterocycles. The zero-order valence-corrected chi connectivity index (χ0v) is 11.1. The number of esters is 1. The third kappa shape index (κ3) is 4.43. The molecule has 1 heterocycles. The molecule has 0 amide bonds. The maximum Gasteiger partial charge on any atom is 0.342 e. The molecule has 1 aromatic heterocycles. The molecular formula is C13H20N2O2. The van der Waals surface area contributed by atoms with E-state index >= 15 is 0 Å². The molecule has 0 aliphatic rings. The molecule has 0 unspecified atom stereocenters. The highest BCUT2D eigenvalue weighted by atomic mass is 16.6. The molecule has 0 aliphatic heterocycles. The van der Waals surface area contributed by atoms with Crippen LogP contribution >= 0.6 is 0 Å². The Labute approximate surface area is 102 Å². The number of pyridine rings is 1. The van der Waals surface area contributed by atoms with Gasteiger partial charge in [0.05, 0.1) is 0 Å². The van der Waals surface area contributed by atoms with Gasteiger partial charge in [-0.05, 0) is 46.8 Å². The van der Waals surface area contributed by atoms with Crippen LogP contribution in [0.3, 0.4) is 0 Å². The Morgan fingerprint density at radius 1 is 1.41 bits per heavy atom. The summed E-state index contributed by atoms with van der Waals surface area (Å²) in [5.74, 6) is 0.213. The van der Waals surface area contributed by atoms with Crippen molar-refractivity contribution in [1.29, 1.82) is 0 Å². The van der Waals surface area contributed by atoms with Gasteiger partial charge in [0.15, 0.2) is 0 Å². The number of hydrogen-bond donors (Lipinski definition) is 1. The Morgan fingerprint density at radius 2 is 2.06 bits per heavy atom. The van der Waals surface area contributed by atoms with E-state index < -0.39 is 5.60 Å². The van der Waals surface area contributed by atoms with E-state index in [2.05, 4.69) is 10.3 Å². The van der Waals surface area contributed by atoms with E-state index in [1.54, 1.807) is 18.3 Å². The van der Waals surface area contributed by atoms with Gasteiger partial charge in [0.2, 0.25) is 0 Å². The Bertz CT molecular complexity index is 395. The molecule has 1 aromatic rings. The number of nitrogens with zero attached hydrogens (tertiary/aromatic N) is 1. The van der Waals surface area contributed by atoms with Crippen molar-refractivity contribution in [3.05, 3.63) is 23.9 Å². The first-order valence-corrected chi connectivity index (χ1v) is 5.74. The molecule has 0 fully saturated rings. The molecule has 0 spiro atoms. The lowest BCUT2D eigenvalue weighted by atomic mass is 10.2. The van der Waals surface area contributed by atoms with Crippen molar-refractivity contribution in [2.24, 2.45) is 0 Å². The van der Waals surface area contributed by atoms with Crippen LogP contribution in [-0.2, 0) is 4.74 Å². The molecule has 1 N–H and O–H groups in total. The van der Waals surface area contributed by atoms with Crippen molar-refractivity contribution in [2.45, 2.75) is 46.3 Å². The highest BCUT2D eigenvalue weighted by molar-refractivity contribution is 5.94. The summed E-state index contributed by atoms with van der Waals surface area (Å²) in [6.07, 6.45) is 1.65. The molecule has 0 saturated carbocycles. The van der Waals surface area contributed by atoms with Crippen molar-refractivity contribution < 1.29 is 9.53 Å². The van der Waals surface area contributed by atoms with Gasteiger partial charge in [0.25, 0.3) is 0 Å². The average molecular weight is 236 g/mol. The van der Waals surface area contributed by atoms with Crippen LogP contribution in [0.15, 0.2) is 18.3 Å². The van der Waals surface area contributed by atoms with Gasteiger partial charge in [0, 0.05) is 12.2 Å². The Morgan fingerprint density at radius 3 is 2.59 bits per heavy atom. The number of ether oxygens (including phenoxy) is 1. The normalized spacial score (nSPS) is 11.4.